The molecule has 0 bridgehead atoms. The molecular formula is C12H13F6NO3S. The Bertz CT molecular complexity index is 626. The highest BCUT2D eigenvalue weighted by Crippen LogP contribution is 2.35. The van der Waals surface area contributed by atoms with Gasteiger partial charge in [-0.05, 0) is 12.1 Å². The van der Waals surface area contributed by atoms with Crippen molar-refractivity contribution in [2.24, 2.45) is 0 Å². The van der Waals surface area contributed by atoms with Crippen LogP contribution in [0.5, 0.6) is 0 Å². The molecule has 0 saturated heterocycles. The third kappa shape index (κ3) is 5.36. The minimum atomic E-state index is -5.02. The Hall–Kier alpha value is -1.33. The molecule has 0 spiro atoms. The highest BCUT2D eigenvalue weighted by atomic mass is 32.2. The Morgan fingerprint density at radius 3 is 2.13 bits per heavy atom. The number of sulfonamides is 1. The summed E-state index contributed by atoms with van der Waals surface area (Å²) in [5, 5.41) is 0. The van der Waals surface area contributed by atoms with Crippen LogP contribution in [0.25, 0.3) is 0 Å². The molecule has 0 aliphatic rings. The molecule has 1 aromatic rings. The summed E-state index contributed by atoms with van der Waals surface area (Å²) in [5.74, 6) is 0. The van der Waals surface area contributed by atoms with Gasteiger partial charge in [0.2, 0.25) is 10.0 Å². The normalized spacial score (nSPS) is 13.6. The number of rotatable bonds is 6. The number of alkyl halides is 6. The van der Waals surface area contributed by atoms with Crippen molar-refractivity contribution in [2.75, 3.05) is 26.8 Å². The second-order valence-corrected chi connectivity index (χ2v) is 6.35. The van der Waals surface area contributed by atoms with Gasteiger partial charge in [-0.15, -0.1) is 0 Å². The number of benzene rings is 1. The molecule has 0 radical (unpaired) electrons. The molecule has 0 N–H and O–H groups in total. The topological polar surface area (TPSA) is 46.6 Å². The molecule has 23 heavy (non-hydrogen) atoms. The highest BCUT2D eigenvalue weighted by molar-refractivity contribution is 7.89. The summed E-state index contributed by atoms with van der Waals surface area (Å²) in [5.41, 5.74) is -1.52. The van der Waals surface area contributed by atoms with E-state index in [-0.39, 0.29) is 4.31 Å². The second-order valence-electron chi connectivity index (χ2n) is 4.44. The summed E-state index contributed by atoms with van der Waals surface area (Å²) in [7, 11) is -3.88. The lowest BCUT2D eigenvalue weighted by molar-refractivity contribution is -0.140. The monoisotopic (exact) mass is 365 g/mol. The lowest BCUT2D eigenvalue weighted by Gasteiger charge is -2.24. The van der Waals surface area contributed by atoms with Gasteiger partial charge < -0.3 is 4.74 Å². The molecule has 0 unspecified atom stereocenters. The first kappa shape index (κ1) is 19.7. The molecule has 1 aromatic carbocycles. The molecule has 0 saturated carbocycles. The first-order valence-electron chi connectivity index (χ1n) is 6.11. The maximum atomic E-state index is 12.9. The minimum Gasteiger partial charge on any atom is -0.383 e. The van der Waals surface area contributed by atoms with Crippen molar-refractivity contribution in [1.29, 1.82) is 0 Å². The van der Waals surface area contributed by atoms with Crippen LogP contribution in [0.4, 0.5) is 26.3 Å². The van der Waals surface area contributed by atoms with E-state index in [1.807, 2.05) is 0 Å². The zero-order valence-corrected chi connectivity index (χ0v) is 12.6. The predicted octanol–water partition coefficient (Wildman–Crippen LogP) is 2.90. The average molecular weight is 365 g/mol. The first-order valence-corrected chi connectivity index (χ1v) is 7.55. The standard InChI is InChI=1S/C12H13F6NO3S/c1-22-7-6-19(8-11(13,14)15)23(20,21)10-5-3-2-4-9(10)12(16,17)18/h2-5H,6-8H2,1H3. The summed E-state index contributed by atoms with van der Waals surface area (Å²) >= 11 is 0. The fraction of sp³-hybridized carbons (Fsp3) is 0.500. The van der Waals surface area contributed by atoms with Gasteiger partial charge in [0, 0.05) is 13.7 Å². The fourth-order valence-corrected chi connectivity index (χ4v) is 3.36. The van der Waals surface area contributed by atoms with E-state index < -0.39 is 52.5 Å². The van der Waals surface area contributed by atoms with E-state index in [0.29, 0.717) is 12.1 Å². The van der Waals surface area contributed by atoms with Gasteiger partial charge in [0.1, 0.15) is 6.54 Å². The molecular weight excluding hydrogens is 352 g/mol. The maximum Gasteiger partial charge on any atom is 0.417 e. The number of nitrogens with zero attached hydrogens (tertiary/aromatic N) is 1. The number of methoxy groups -OCH3 is 1. The van der Waals surface area contributed by atoms with Gasteiger partial charge in [-0.3, -0.25) is 0 Å². The van der Waals surface area contributed by atoms with E-state index in [2.05, 4.69) is 4.74 Å². The second kappa shape index (κ2) is 7.05. The zero-order valence-electron chi connectivity index (χ0n) is 11.8. The van der Waals surface area contributed by atoms with E-state index in [1.165, 1.54) is 0 Å². The highest BCUT2D eigenvalue weighted by Gasteiger charge is 2.42. The van der Waals surface area contributed by atoms with Crippen LogP contribution < -0.4 is 0 Å². The van der Waals surface area contributed by atoms with Crippen molar-refractivity contribution in [1.82, 2.24) is 4.31 Å². The number of halogens is 6. The van der Waals surface area contributed by atoms with Crippen LogP contribution in [0, 0.1) is 0 Å². The van der Waals surface area contributed by atoms with Gasteiger partial charge in [0.05, 0.1) is 17.1 Å². The Kier molecular flexibility index (Phi) is 6.05. The van der Waals surface area contributed by atoms with Crippen LogP contribution in [0.3, 0.4) is 0 Å². The zero-order chi connectivity index (χ0) is 17.9. The summed E-state index contributed by atoms with van der Waals surface area (Å²) < 4.78 is 105. The molecule has 4 nitrogen and oxygen atoms in total. The van der Waals surface area contributed by atoms with Crippen LogP contribution in [-0.4, -0.2) is 45.7 Å². The first-order chi connectivity index (χ1) is 10.4. The van der Waals surface area contributed by atoms with Crippen LogP contribution in [0.1, 0.15) is 5.56 Å². The van der Waals surface area contributed by atoms with Gasteiger partial charge in [0.25, 0.3) is 0 Å². The van der Waals surface area contributed by atoms with Crippen molar-refractivity contribution in [3.63, 3.8) is 0 Å². The molecule has 0 atom stereocenters. The quantitative estimate of drug-likeness (QED) is 0.729. The van der Waals surface area contributed by atoms with E-state index in [1.54, 1.807) is 0 Å². The summed E-state index contributed by atoms with van der Waals surface area (Å²) in [6.07, 6.45) is -9.93. The van der Waals surface area contributed by atoms with E-state index in [9.17, 15) is 34.8 Å². The smallest absolute Gasteiger partial charge is 0.383 e. The van der Waals surface area contributed by atoms with Crippen molar-refractivity contribution in [3.05, 3.63) is 29.8 Å². The van der Waals surface area contributed by atoms with Gasteiger partial charge in [-0.2, -0.15) is 30.6 Å². The fourth-order valence-electron chi connectivity index (χ4n) is 1.74. The van der Waals surface area contributed by atoms with Crippen LogP contribution in [-0.2, 0) is 20.9 Å². The minimum absolute atomic E-state index is 0.0823. The molecule has 0 aliphatic heterocycles. The van der Waals surface area contributed by atoms with E-state index in [4.69, 9.17) is 0 Å². The molecule has 0 aromatic heterocycles. The summed E-state index contributed by atoms with van der Waals surface area (Å²) in [4.78, 5) is -1.23. The van der Waals surface area contributed by atoms with E-state index >= 15 is 0 Å². The third-order valence-corrected chi connectivity index (χ3v) is 4.61. The van der Waals surface area contributed by atoms with Gasteiger partial charge in [-0.25, -0.2) is 8.42 Å². The Balaban J connectivity index is 3.36. The van der Waals surface area contributed by atoms with Crippen molar-refractivity contribution in [2.45, 2.75) is 17.2 Å². The molecule has 1 rings (SSSR count). The lowest BCUT2D eigenvalue weighted by atomic mass is 10.2. The number of hydrogen-bond acceptors (Lipinski definition) is 3. The lowest BCUT2D eigenvalue weighted by Crippen LogP contribution is -2.41. The van der Waals surface area contributed by atoms with Gasteiger partial charge >= 0.3 is 12.4 Å². The largest absolute Gasteiger partial charge is 0.417 e. The Morgan fingerprint density at radius 2 is 1.65 bits per heavy atom. The third-order valence-electron chi connectivity index (χ3n) is 2.71. The SMILES string of the molecule is COCCN(CC(F)(F)F)S(=O)(=O)c1ccccc1C(F)(F)F. The molecule has 0 aliphatic carbocycles. The molecule has 0 amide bonds. The predicted molar refractivity (Wildman–Crippen MR) is 68.1 cm³/mol. The molecule has 0 fully saturated rings. The van der Waals surface area contributed by atoms with Gasteiger partial charge in [0.15, 0.2) is 0 Å². The molecule has 0 heterocycles. The van der Waals surface area contributed by atoms with Crippen LogP contribution in [0.15, 0.2) is 29.2 Å². The Labute approximate surface area is 128 Å². The number of ether oxygens (including phenoxy) is 1. The van der Waals surface area contributed by atoms with E-state index in [0.717, 1.165) is 19.2 Å². The van der Waals surface area contributed by atoms with Crippen LogP contribution >= 0.6 is 0 Å². The average Bonchev–Trinajstić information content (AvgIpc) is 2.41. The van der Waals surface area contributed by atoms with Crippen LogP contribution in [0.2, 0.25) is 0 Å². The van der Waals surface area contributed by atoms with Crippen molar-refractivity contribution < 1.29 is 39.5 Å². The van der Waals surface area contributed by atoms with Crippen molar-refractivity contribution >= 4 is 10.0 Å². The molecule has 11 heteroatoms. The van der Waals surface area contributed by atoms with Gasteiger partial charge in [-0.1, -0.05) is 12.1 Å². The number of hydrogen-bond donors (Lipinski definition) is 0. The maximum absolute atomic E-state index is 12.9. The Morgan fingerprint density at radius 1 is 1.09 bits per heavy atom. The molecule has 132 valence electrons. The van der Waals surface area contributed by atoms with Crippen molar-refractivity contribution in [3.8, 4) is 0 Å². The summed E-state index contributed by atoms with van der Waals surface area (Å²) in [6, 6.07) is 3.07. The summed E-state index contributed by atoms with van der Waals surface area (Å²) in [6.45, 7) is -3.04.